The Morgan fingerprint density at radius 1 is 1.05 bits per heavy atom. The number of anilines is 2. The molecule has 1 aliphatic carbocycles. The number of benzene rings is 2. The maximum Gasteiger partial charge on any atom is 0.222 e. The lowest BCUT2D eigenvalue weighted by atomic mass is 9.97. The summed E-state index contributed by atoms with van der Waals surface area (Å²) < 4.78 is 46.7. The molecule has 2 fully saturated rings. The normalized spacial score (nSPS) is 16.1. The number of nitrogens with zero attached hydrogens (tertiary/aromatic N) is 3. The molecule has 0 radical (unpaired) electrons. The molecule has 4 aromatic rings. The fraction of sp³-hybridized carbons (Fsp3) is 0.300. The van der Waals surface area contributed by atoms with Crippen LogP contribution in [0.4, 0.5) is 24.7 Å². The van der Waals surface area contributed by atoms with E-state index in [4.69, 9.17) is 4.98 Å². The first kappa shape index (κ1) is 27.7. The number of thiazole rings is 1. The number of aromatic nitrogens is 2. The average molecular weight is 596 g/mol. The van der Waals surface area contributed by atoms with Crippen molar-refractivity contribution in [3.8, 4) is 21.7 Å². The van der Waals surface area contributed by atoms with E-state index in [9.17, 15) is 13.6 Å². The summed E-state index contributed by atoms with van der Waals surface area (Å²) >= 11 is 2.34. The highest BCUT2D eigenvalue weighted by molar-refractivity contribution is 8.00. The van der Waals surface area contributed by atoms with Crippen molar-refractivity contribution in [1.82, 2.24) is 14.9 Å². The first-order chi connectivity index (χ1) is 19.9. The van der Waals surface area contributed by atoms with E-state index in [0.29, 0.717) is 17.1 Å². The van der Waals surface area contributed by atoms with Crippen LogP contribution in [0.25, 0.3) is 21.7 Å². The monoisotopic (exact) mass is 595 g/mol. The molecule has 6 nitrogen and oxygen atoms in total. The first-order valence-electron chi connectivity index (χ1n) is 13.5. The fourth-order valence-corrected chi connectivity index (χ4v) is 7.08. The zero-order chi connectivity index (χ0) is 28.5. The van der Waals surface area contributed by atoms with Gasteiger partial charge in [-0.05, 0) is 98.7 Å². The van der Waals surface area contributed by atoms with Crippen LogP contribution in [-0.2, 0) is 4.79 Å². The van der Waals surface area contributed by atoms with Crippen LogP contribution in [0.15, 0.2) is 59.6 Å². The molecule has 2 aliphatic rings. The Labute approximate surface area is 244 Å². The van der Waals surface area contributed by atoms with Gasteiger partial charge in [-0.15, -0.1) is 11.3 Å². The van der Waals surface area contributed by atoms with Crippen LogP contribution < -0.4 is 10.0 Å². The summed E-state index contributed by atoms with van der Waals surface area (Å²) in [5.74, 6) is -1.29. The van der Waals surface area contributed by atoms with Crippen molar-refractivity contribution in [1.29, 1.82) is 0 Å². The van der Waals surface area contributed by atoms with Crippen LogP contribution in [0.3, 0.4) is 0 Å². The van der Waals surface area contributed by atoms with E-state index in [0.717, 1.165) is 77.6 Å². The van der Waals surface area contributed by atoms with E-state index in [-0.39, 0.29) is 22.4 Å². The van der Waals surface area contributed by atoms with Crippen LogP contribution in [0.5, 0.6) is 0 Å². The van der Waals surface area contributed by atoms with Gasteiger partial charge in [0.05, 0.1) is 26.2 Å². The summed E-state index contributed by atoms with van der Waals surface area (Å²) in [6.07, 6.45) is 6.16. The fourth-order valence-electron chi connectivity index (χ4n) is 5.12. The Morgan fingerprint density at radius 2 is 1.85 bits per heavy atom. The predicted octanol–water partition coefficient (Wildman–Crippen LogP) is 7.71. The molecule has 2 aromatic heterocycles. The van der Waals surface area contributed by atoms with Gasteiger partial charge in [-0.1, -0.05) is 6.07 Å². The summed E-state index contributed by atoms with van der Waals surface area (Å²) in [6, 6.07) is 12.4. The number of nitrogens with one attached hydrogen (secondary N) is 2. The predicted molar refractivity (Wildman–Crippen MR) is 157 cm³/mol. The molecule has 3 heterocycles. The van der Waals surface area contributed by atoms with E-state index in [1.54, 1.807) is 41.8 Å². The molecule has 41 heavy (non-hydrogen) atoms. The molecule has 11 heteroatoms. The Bertz CT molecular complexity index is 1580. The molecule has 2 aromatic carbocycles. The Kier molecular flexibility index (Phi) is 8.01. The number of hydrogen-bond acceptors (Lipinski definition) is 7. The number of rotatable bonds is 8. The Hall–Kier alpha value is -3.41. The maximum atomic E-state index is 16.0. The van der Waals surface area contributed by atoms with Crippen LogP contribution in [0.1, 0.15) is 43.5 Å². The molecular formula is C30H28F3N5OS2. The van der Waals surface area contributed by atoms with Crippen molar-refractivity contribution < 1.29 is 18.0 Å². The van der Waals surface area contributed by atoms with Gasteiger partial charge in [0.25, 0.3) is 0 Å². The number of piperidine rings is 1. The number of pyridine rings is 1. The van der Waals surface area contributed by atoms with Gasteiger partial charge >= 0.3 is 0 Å². The molecular weight excluding hydrogens is 567 g/mol. The molecule has 6 rings (SSSR count). The van der Waals surface area contributed by atoms with Gasteiger partial charge in [0.15, 0.2) is 5.82 Å². The van der Waals surface area contributed by atoms with Gasteiger partial charge in [-0.3, -0.25) is 4.79 Å². The maximum absolute atomic E-state index is 16.0. The second kappa shape index (κ2) is 11.8. The van der Waals surface area contributed by atoms with Crippen molar-refractivity contribution in [3.05, 3.63) is 77.2 Å². The highest BCUT2D eigenvalue weighted by atomic mass is 32.2. The van der Waals surface area contributed by atoms with E-state index < -0.39 is 17.5 Å². The lowest BCUT2D eigenvalue weighted by Gasteiger charge is -2.30. The van der Waals surface area contributed by atoms with Crippen molar-refractivity contribution in [3.63, 3.8) is 0 Å². The minimum absolute atomic E-state index is 0.0197. The lowest BCUT2D eigenvalue weighted by Crippen LogP contribution is -2.34. The molecule has 1 aliphatic heterocycles. The second-order valence-electron chi connectivity index (χ2n) is 10.3. The number of carbonyl (C=O) groups excluding carboxylic acids is 1. The number of likely N-dealkylation sites (tertiary alicyclic amines) is 1. The second-order valence-corrected chi connectivity index (χ2v) is 12.2. The van der Waals surface area contributed by atoms with E-state index in [2.05, 4.69) is 19.9 Å². The summed E-state index contributed by atoms with van der Waals surface area (Å²) in [5.41, 5.74) is 1.69. The highest BCUT2D eigenvalue weighted by Crippen LogP contribution is 2.44. The third-order valence-electron chi connectivity index (χ3n) is 7.33. The molecule has 212 valence electrons. The zero-order valence-corrected chi connectivity index (χ0v) is 23.9. The van der Waals surface area contributed by atoms with Gasteiger partial charge in [0.2, 0.25) is 5.91 Å². The smallest absolute Gasteiger partial charge is 0.222 e. The minimum atomic E-state index is -0.604. The molecule has 0 bridgehead atoms. The highest BCUT2D eigenvalue weighted by Gasteiger charge is 2.33. The van der Waals surface area contributed by atoms with Crippen molar-refractivity contribution in [2.24, 2.45) is 0 Å². The molecule has 1 amide bonds. The van der Waals surface area contributed by atoms with Crippen LogP contribution in [0, 0.1) is 17.5 Å². The van der Waals surface area contributed by atoms with Gasteiger partial charge in [-0.2, -0.15) is 0 Å². The van der Waals surface area contributed by atoms with E-state index in [1.807, 2.05) is 6.07 Å². The van der Waals surface area contributed by atoms with Crippen LogP contribution in [0.2, 0.25) is 0 Å². The molecule has 1 saturated heterocycles. The van der Waals surface area contributed by atoms with Crippen LogP contribution >= 0.6 is 23.3 Å². The number of carbonyl (C=O) groups is 1. The quantitative estimate of drug-likeness (QED) is 0.203. The molecule has 2 N–H and O–H groups in total. The standard InChI is InChI=1S/C30H28F3N5OS2/c1-17(39)35-26-15-19(9-12-34-26)29-28(36-30(40-29)18-10-13-38(14-11-18)21-6-7-21)22-3-2-4-24(27(22)33)37-41-25-16-20(31)5-8-23(25)32/h2-5,8-9,12,15-16,18,21,37H,6-7,10-11,13-14H2,1H3,(H,34,35,39). The number of amides is 1. The van der Waals surface area contributed by atoms with E-state index >= 15 is 4.39 Å². The minimum Gasteiger partial charge on any atom is -0.323 e. The van der Waals surface area contributed by atoms with Gasteiger partial charge in [-0.25, -0.2) is 23.1 Å². The van der Waals surface area contributed by atoms with E-state index in [1.165, 1.54) is 19.8 Å². The molecule has 0 atom stereocenters. The van der Waals surface area contributed by atoms with Crippen molar-refractivity contribution >= 4 is 40.7 Å². The first-order valence-corrected chi connectivity index (χ1v) is 15.1. The Morgan fingerprint density at radius 3 is 2.61 bits per heavy atom. The molecule has 0 unspecified atom stereocenters. The average Bonchev–Trinajstić information content (AvgIpc) is 3.72. The van der Waals surface area contributed by atoms with Gasteiger partial charge in [0.1, 0.15) is 17.5 Å². The number of hydrogen-bond donors (Lipinski definition) is 2. The largest absolute Gasteiger partial charge is 0.323 e. The van der Waals surface area contributed by atoms with Crippen LogP contribution in [-0.4, -0.2) is 39.9 Å². The topological polar surface area (TPSA) is 70.2 Å². The van der Waals surface area contributed by atoms with Crippen molar-refractivity contribution in [2.75, 3.05) is 23.1 Å². The third kappa shape index (κ3) is 6.27. The summed E-state index contributed by atoms with van der Waals surface area (Å²) in [4.78, 5) is 24.3. The number of halogens is 3. The van der Waals surface area contributed by atoms with Gasteiger partial charge in [0, 0.05) is 30.6 Å². The third-order valence-corrected chi connectivity index (χ3v) is 9.45. The Balaban J connectivity index is 1.35. The summed E-state index contributed by atoms with van der Waals surface area (Å²) in [5, 5.41) is 3.67. The SMILES string of the molecule is CC(=O)Nc1cc(-c2sc(C3CCN(C4CC4)CC3)nc2-c2cccc(NSc3cc(F)ccc3F)c2F)ccn1. The lowest BCUT2D eigenvalue weighted by molar-refractivity contribution is -0.114. The van der Waals surface area contributed by atoms with Crippen molar-refractivity contribution in [2.45, 2.75) is 49.5 Å². The summed E-state index contributed by atoms with van der Waals surface area (Å²) in [7, 11) is 0. The summed E-state index contributed by atoms with van der Waals surface area (Å²) in [6.45, 7) is 3.48. The molecule has 1 saturated carbocycles. The van der Waals surface area contributed by atoms with Gasteiger partial charge < -0.3 is 14.9 Å². The molecule has 0 spiro atoms. The zero-order valence-electron chi connectivity index (χ0n) is 22.3.